The number of carbonyl (C=O) groups is 1. The Hall–Kier alpha value is -0.850. The molecule has 0 N–H and O–H groups in total. The largest absolute Gasteiger partial charge is 0.289 e. The lowest BCUT2D eigenvalue weighted by Crippen LogP contribution is -2.26. The summed E-state index contributed by atoms with van der Waals surface area (Å²) in [5, 5.41) is 0. The molecule has 1 heteroatoms. The third-order valence-electron chi connectivity index (χ3n) is 3.84. The molecule has 0 aromatic rings. The number of hydrogen-bond donors (Lipinski definition) is 0. The highest BCUT2D eigenvalue weighted by Crippen LogP contribution is 2.40. The van der Waals surface area contributed by atoms with Crippen molar-refractivity contribution in [2.24, 2.45) is 11.3 Å². The number of ketones is 1. The molecule has 16 heavy (non-hydrogen) atoms. The Morgan fingerprint density at radius 1 is 1.25 bits per heavy atom. The van der Waals surface area contributed by atoms with Crippen LogP contribution in [0.25, 0.3) is 0 Å². The lowest BCUT2D eigenvalue weighted by molar-refractivity contribution is -0.113. The van der Waals surface area contributed by atoms with E-state index in [1.54, 1.807) is 0 Å². The van der Waals surface area contributed by atoms with Gasteiger partial charge in [-0.1, -0.05) is 45.8 Å². The third kappa shape index (κ3) is 2.28. The van der Waals surface area contributed by atoms with Crippen LogP contribution in [0.1, 0.15) is 52.4 Å². The van der Waals surface area contributed by atoms with Crippen molar-refractivity contribution in [1.82, 2.24) is 0 Å². The summed E-state index contributed by atoms with van der Waals surface area (Å²) in [6.45, 7) is 8.35. The molecule has 0 unspecified atom stereocenters. The second-order valence-electron chi connectivity index (χ2n) is 6.03. The normalized spacial score (nSPS) is 26.8. The smallest absolute Gasteiger partial charge is 0.184 e. The Labute approximate surface area is 98.6 Å². The molecular formula is C15H22O. The van der Waals surface area contributed by atoms with E-state index in [0.717, 1.165) is 17.6 Å². The lowest BCUT2D eigenvalue weighted by Gasteiger charge is -2.33. The minimum Gasteiger partial charge on any atom is -0.289 e. The van der Waals surface area contributed by atoms with Crippen LogP contribution in [0.15, 0.2) is 23.8 Å². The molecule has 0 atom stereocenters. The first-order valence-corrected chi connectivity index (χ1v) is 6.45. The topological polar surface area (TPSA) is 17.1 Å². The Balaban J connectivity index is 2.26. The van der Waals surface area contributed by atoms with Crippen molar-refractivity contribution in [3.63, 3.8) is 0 Å². The van der Waals surface area contributed by atoms with Crippen LogP contribution < -0.4 is 0 Å². The summed E-state index contributed by atoms with van der Waals surface area (Å²) in [5.41, 5.74) is 2.01. The SMILES string of the molecule is C=C1CC(C)(C)C=C(C2CCCCC2)C1=O. The van der Waals surface area contributed by atoms with Crippen LogP contribution in [0.5, 0.6) is 0 Å². The van der Waals surface area contributed by atoms with E-state index in [-0.39, 0.29) is 11.2 Å². The number of carbonyl (C=O) groups excluding carboxylic acids is 1. The maximum atomic E-state index is 12.1. The second kappa shape index (κ2) is 4.20. The number of hydrogen-bond acceptors (Lipinski definition) is 1. The fourth-order valence-corrected chi connectivity index (χ4v) is 3.09. The van der Waals surface area contributed by atoms with Gasteiger partial charge in [-0.05, 0) is 41.7 Å². The number of allylic oxidation sites excluding steroid dienone is 3. The average Bonchev–Trinajstić information content (AvgIpc) is 2.24. The lowest BCUT2D eigenvalue weighted by atomic mass is 9.71. The van der Waals surface area contributed by atoms with Gasteiger partial charge in [0.05, 0.1) is 0 Å². The van der Waals surface area contributed by atoms with Gasteiger partial charge in [0, 0.05) is 0 Å². The zero-order valence-electron chi connectivity index (χ0n) is 10.5. The monoisotopic (exact) mass is 218 g/mol. The summed E-state index contributed by atoms with van der Waals surface area (Å²) in [6.07, 6.45) is 9.33. The molecule has 0 amide bonds. The van der Waals surface area contributed by atoms with Gasteiger partial charge in [0.25, 0.3) is 0 Å². The molecular weight excluding hydrogens is 196 g/mol. The minimum absolute atomic E-state index is 0.123. The maximum Gasteiger partial charge on any atom is 0.184 e. The fraction of sp³-hybridized carbons (Fsp3) is 0.667. The van der Waals surface area contributed by atoms with Crippen molar-refractivity contribution in [2.75, 3.05) is 0 Å². The molecule has 0 aromatic heterocycles. The van der Waals surface area contributed by atoms with Crippen LogP contribution in [-0.4, -0.2) is 5.78 Å². The van der Waals surface area contributed by atoms with Crippen molar-refractivity contribution in [3.05, 3.63) is 23.8 Å². The van der Waals surface area contributed by atoms with E-state index in [4.69, 9.17) is 0 Å². The van der Waals surface area contributed by atoms with E-state index in [9.17, 15) is 4.79 Å². The van der Waals surface area contributed by atoms with Crippen molar-refractivity contribution < 1.29 is 4.79 Å². The molecule has 2 aliphatic carbocycles. The maximum absolute atomic E-state index is 12.1. The summed E-state index contributed by atoms with van der Waals surface area (Å²) in [4.78, 5) is 12.1. The van der Waals surface area contributed by atoms with Gasteiger partial charge in [-0.2, -0.15) is 0 Å². The third-order valence-corrected chi connectivity index (χ3v) is 3.84. The van der Waals surface area contributed by atoms with E-state index in [0.29, 0.717) is 5.92 Å². The first kappa shape index (κ1) is 11.6. The highest BCUT2D eigenvalue weighted by Gasteiger charge is 2.32. The summed E-state index contributed by atoms with van der Waals surface area (Å²) in [6, 6.07) is 0. The van der Waals surface area contributed by atoms with Crippen LogP contribution in [0, 0.1) is 11.3 Å². The van der Waals surface area contributed by atoms with Crippen LogP contribution in [-0.2, 0) is 4.79 Å². The molecule has 88 valence electrons. The van der Waals surface area contributed by atoms with Crippen LogP contribution in [0.2, 0.25) is 0 Å². The van der Waals surface area contributed by atoms with Crippen LogP contribution in [0.4, 0.5) is 0 Å². The number of rotatable bonds is 1. The van der Waals surface area contributed by atoms with E-state index in [2.05, 4.69) is 26.5 Å². The molecule has 0 bridgehead atoms. The molecule has 0 aromatic carbocycles. The molecule has 1 nitrogen and oxygen atoms in total. The fourth-order valence-electron chi connectivity index (χ4n) is 3.09. The van der Waals surface area contributed by atoms with Crippen LogP contribution >= 0.6 is 0 Å². The summed E-state index contributed by atoms with van der Waals surface area (Å²) >= 11 is 0. The summed E-state index contributed by atoms with van der Waals surface area (Å²) in [7, 11) is 0. The van der Waals surface area contributed by atoms with Gasteiger partial charge in [0.2, 0.25) is 0 Å². The quantitative estimate of drug-likeness (QED) is 0.607. The van der Waals surface area contributed by atoms with Crippen molar-refractivity contribution in [1.29, 1.82) is 0 Å². The van der Waals surface area contributed by atoms with Gasteiger partial charge < -0.3 is 0 Å². The van der Waals surface area contributed by atoms with Crippen molar-refractivity contribution in [2.45, 2.75) is 52.4 Å². The van der Waals surface area contributed by atoms with Crippen LogP contribution in [0.3, 0.4) is 0 Å². The predicted octanol–water partition coefficient (Wildman–Crippen LogP) is 4.05. The van der Waals surface area contributed by atoms with Gasteiger partial charge in [-0.15, -0.1) is 0 Å². The molecule has 2 rings (SSSR count). The van der Waals surface area contributed by atoms with Gasteiger partial charge in [0.15, 0.2) is 5.78 Å². The number of Topliss-reactive ketones (excluding diaryl/α,β-unsaturated/α-hetero) is 1. The Kier molecular flexibility index (Phi) is 3.05. The molecule has 1 fully saturated rings. The molecule has 0 aliphatic heterocycles. The van der Waals surface area contributed by atoms with E-state index >= 15 is 0 Å². The summed E-state index contributed by atoms with van der Waals surface area (Å²) < 4.78 is 0. The predicted molar refractivity (Wildman–Crippen MR) is 67.2 cm³/mol. The second-order valence-corrected chi connectivity index (χ2v) is 6.03. The van der Waals surface area contributed by atoms with Gasteiger partial charge in [-0.3, -0.25) is 4.79 Å². The van der Waals surface area contributed by atoms with Crippen molar-refractivity contribution >= 4 is 5.78 Å². The molecule has 0 spiro atoms. The van der Waals surface area contributed by atoms with Gasteiger partial charge >= 0.3 is 0 Å². The molecule has 2 aliphatic rings. The minimum atomic E-state index is 0.123. The molecule has 0 radical (unpaired) electrons. The zero-order chi connectivity index (χ0) is 11.8. The van der Waals surface area contributed by atoms with E-state index < -0.39 is 0 Å². The Morgan fingerprint density at radius 3 is 2.50 bits per heavy atom. The highest BCUT2D eigenvalue weighted by molar-refractivity contribution is 6.09. The molecule has 0 heterocycles. The van der Waals surface area contributed by atoms with Crippen molar-refractivity contribution in [3.8, 4) is 0 Å². The standard InChI is InChI=1S/C15H22O/c1-11-9-15(2,3)10-13(14(11)16)12-7-5-4-6-8-12/h10,12H,1,4-9H2,2-3H3. The van der Waals surface area contributed by atoms with Gasteiger partial charge in [0.1, 0.15) is 0 Å². The zero-order valence-corrected chi connectivity index (χ0v) is 10.5. The average molecular weight is 218 g/mol. The highest BCUT2D eigenvalue weighted by atomic mass is 16.1. The Bertz CT molecular complexity index is 340. The Morgan fingerprint density at radius 2 is 1.88 bits per heavy atom. The molecule has 0 saturated heterocycles. The first-order valence-electron chi connectivity index (χ1n) is 6.45. The molecule has 1 saturated carbocycles. The van der Waals surface area contributed by atoms with E-state index in [1.807, 2.05) is 0 Å². The summed E-state index contributed by atoms with van der Waals surface area (Å²) in [5.74, 6) is 0.754. The first-order chi connectivity index (χ1) is 7.49. The van der Waals surface area contributed by atoms with Gasteiger partial charge in [-0.25, -0.2) is 0 Å². The van der Waals surface area contributed by atoms with E-state index in [1.165, 1.54) is 32.1 Å².